The second kappa shape index (κ2) is 8.02. The minimum absolute atomic E-state index is 0.0157. The summed E-state index contributed by atoms with van der Waals surface area (Å²) in [5.74, 6) is -2.07. The number of amides is 2. The summed E-state index contributed by atoms with van der Waals surface area (Å²) in [6.45, 7) is 0. The number of primary amides is 2. The van der Waals surface area contributed by atoms with Crippen LogP contribution in [0.1, 0.15) is 51.1 Å². The molecular weight excluding hydrogens is 372 g/mol. The maximum atomic E-state index is 12.8. The van der Waals surface area contributed by atoms with E-state index >= 15 is 0 Å². The van der Waals surface area contributed by atoms with Crippen LogP contribution in [0, 0.1) is 0 Å². The molecule has 0 radical (unpaired) electrons. The van der Waals surface area contributed by atoms with E-state index in [1.807, 2.05) is 0 Å². The molecule has 1 saturated carbocycles. The summed E-state index contributed by atoms with van der Waals surface area (Å²) < 4.78 is 0. The van der Waals surface area contributed by atoms with Crippen molar-refractivity contribution in [3.8, 4) is 11.5 Å². The Morgan fingerprint density at radius 1 is 0.793 bits per heavy atom. The second-order valence-corrected chi connectivity index (χ2v) is 6.80. The SMILES string of the molecule is NC(=O)c1ccc(C=C2CCCC(=Cc3ccc(C(N)=O)c(O)c3)C2=O)cc1O. The molecule has 3 rings (SSSR count). The fraction of sp³-hybridized carbons (Fsp3) is 0.136. The molecule has 0 aromatic heterocycles. The molecule has 7 heteroatoms. The number of Topliss-reactive ketones (excluding diaryl/α,β-unsaturated/α-hetero) is 1. The quantitative estimate of drug-likeness (QED) is 0.591. The molecule has 7 nitrogen and oxygen atoms in total. The molecule has 0 unspecified atom stereocenters. The third kappa shape index (κ3) is 4.35. The van der Waals surface area contributed by atoms with Crippen LogP contribution in [-0.4, -0.2) is 27.8 Å². The molecule has 0 saturated heterocycles. The number of hydrogen-bond donors (Lipinski definition) is 4. The average Bonchev–Trinajstić information content (AvgIpc) is 2.64. The molecule has 6 N–H and O–H groups in total. The largest absolute Gasteiger partial charge is 0.507 e. The summed E-state index contributed by atoms with van der Waals surface area (Å²) in [5.41, 5.74) is 12.7. The van der Waals surface area contributed by atoms with Gasteiger partial charge in [0.2, 0.25) is 0 Å². The zero-order valence-electron chi connectivity index (χ0n) is 15.5. The van der Waals surface area contributed by atoms with E-state index in [0.29, 0.717) is 35.1 Å². The smallest absolute Gasteiger partial charge is 0.252 e. The summed E-state index contributed by atoms with van der Waals surface area (Å²) in [6.07, 6.45) is 5.28. The lowest BCUT2D eigenvalue weighted by Crippen LogP contribution is -2.13. The number of nitrogens with two attached hydrogens (primary N) is 2. The molecule has 2 aromatic carbocycles. The Morgan fingerprint density at radius 2 is 1.21 bits per heavy atom. The Morgan fingerprint density at radius 3 is 1.55 bits per heavy atom. The van der Waals surface area contributed by atoms with Gasteiger partial charge in [-0.25, -0.2) is 0 Å². The first kappa shape index (κ1) is 19.9. The highest BCUT2D eigenvalue weighted by Gasteiger charge is 2.21. The second-order valence-electron chi connectivity index (χ2n) is 6.80. The van der Waals surface area contributed by atoms with E-state index in [1.54, 1.807) is 24.3 Å². The van der Waals surface area contributed by atoms with Gasteiger partial charge in [-0.15, -0.1) is 0 Å². The number of allylic oxidation sites excluding steroid dienone is 2. The summed E-state index contributed by atoms with van der Waals surface area (Å²) in [4.78, 5) is 35.3. The van der Waals surface area contributed by atoms with Gasteiger partial charge in [-0.1, -0.05) is 12.1 Å². The summed E-state index contributed by atoms with van der Waals surface area (Å²) >= 11 is 0. The molecular formula is C22H20N2O5. The van der Waals surface area contributed by atoms with Crippen LogP contribution in [0.15, 0.2) is 47.5 Å². The Kier molecular flexibility index (Phi) is 5.50. The maximum absolute atomic E-state index is 12.8. The summed E-state index contributed by atoms with van der Waals surface area (Å²) in [7, 11) is 0. The highest BCUT2D eigenvalue weighted by molar-refractivity contribution is 6.14. The summed E-state index contributed by atoms with van der Waals surface area (Å²) in [6, 6.07) is 8.82. The van der Waals surface area contributed by atoms with Gasteiger partial charge < -0.3 is 21.7 Å². The van der Waals surface area contributed by atoms with E-state index in [9.17, 15) is 24.6 Å². The first-order valence-electron chi connectivity index (χ1n) is 8.97. The molecule has 0 bridgehead atoms. The highest BCUT2D eigenvalue weighted by Crippen LogP contribution is 2.30. The van der Waals surface area contributed by atoms with Crippen LogP contribution >= 0.6 is 0 Å². The number of carbonyl (C=O) groups is 3. The molecule has 0 spiro atoms. The molecule has 1 aliphatic rings. The van der Waals surface area contributed by atoms with E-state index in [1.165, 1.54) is 24.3 Å². The van der Waals surface area contributed by atoms with Crippen LogP contribution in [-0.2, 0) is 4.79 Å². The van der Waals surface area contributed by atoms with Gasteiger partial charge in [-0.3, -0.25) is 14.4 Å². The third-order valence-electron chi connectivity index (χ3n) is 4.73. The van der Waals surface area contributed by atoms with Crippen LogP contribution in [0.5, 0.6) is 11.5 Å². The number of carbonyl (C=O) groups excluding carboxylic acids is 3. The lowest BCUT2D eigenvalue weighted by atomic mass is 9.86. The zero-order chi connectivity index (χ0) is 21.1. The van der Waals surface area contributed by atoms with Crippen LogP contribution in [0.2, 0.25) is 0 Å². The van der Waals surface area contributed by atoms with Gasteiger partial charge in [-0.05, 0) is 66.8 Å². The fourth-order valence-electron chi connectivity index (χ4n) is 3.27. The van der Waals surface area contributed by atoms with Crippen molar-refractivity contribution in [1.82, 2.24) is 0 Å². The van der Waals surface area contributed by atoms with Crippen molar-refractivity contribution < 1.29 is 24.6 Å². The van der Waals surface area contributed by atoms with Crippen molar-refractivity contribution in [3.05, 3.63) is 69.8 Å². The Labute approximate surface area is 167 Å². The van der Waals surface area contributed by atoms with E-state index < -0.39 is 11.8 Å². The van der Waals surface area contributed by atoms with Gasteiger partial charge in [0, 0.05) is 11.1 Å². The van der Waals surface area contributed by atoms with Gasteiger partial charge >= 0.3 is 0 Å². The molecule has 29 heavy (non-hydrogen) atoms. The number of ketones is 1. The van der Waals surface area contributed by atoms with Crippen molar-refractivity contribution in [3.63, 3.8) is 0 Å². The van der Waals surface area contributed by atoms with Crippen molar-refractivity contribution in [2.45, 2.75) is 19.3 Å². The van der Waals surface area contributed by atoms with Crippen LogP contribution < -0.4 is 11.5 Å². The minimum Gasteiger partial charge on any atom is -0.507 e. The normalized spacial score (nSPS) is 16.9. The lowest BCUT2D eigenvalue weighted by molar-refractivity contribution is -0.112. The monoisotopic (exact) mass is 392 g/mol. The van der Waals surface area contributed by atoms with Crippen molar-refractivity contribution in [1.29, 1.82) is 0 Å². The minimum atomic E-state index is -0.730. The first-order valence-corrected chi connectivity index (χ1v) is 8.97. The third-order valence-corrected chi connectivity index (χ3v) is 4.73. The Bertz CT molecular complexity index is 999. The van der Waals surface area contributed by atoms with Crippen LogP contribution in [0.25, 0.3) is 12.2 Å². The predicted octanol–water partition coefficient (Wildman–Crippen LogP) is 2.52. The van der Waals surface area contributed by atoms with Crippen molar-refractivity contribution in [2.75, 3.05) is 0 Å². The molecule has 0 atom stereocenters. The zero-order valence-corrected chi connectivity index (χ0v) is 15.5. The standard InChI is InChI=1S/C22H20N2O5/c23-21(28)16-6-4-12(10-18(16)25)8-14-2-1-3-15(20(14)27)9-13-5-7-17(22(24)29)19(26)11-13/h4-11,25-26H,1-3H2,(H2,23,28)(H2,24,29). The molecule has 0 aliphatic heterocycles. The molecule has 148 valence electrons. The Balaban J connectivity index is 1.88. The number of aromatic hydroxyl groups is 2. The molecule has 2 amide bonds. The average molecular weight is 392 g/mol. The molecule has 2 aromatic rings. The molecule has 1 aliphatic carbocycles. The van der Waals surface area contributed by atoms with E-state index in [2.05, 4.69) is 0 Å². The van der Waals surface area contributed by atoms with Crippen LogP contribution in [0.3, 0.4) is 0 Å². The first-order chi connectivity index (χ1) is 13.8. The van der Waals surface area contributed by atoms with Crippen LogP contribution in [0.4, 0.5) is 0 Å². The van der Waals surface area contributed by atoms with E-state index in [0.717, 1.165) is 6.42 Å². The number of rotatable bonds is 4. The van der Waals surface area contributed by atoms with E-state index in [-0.39, 0.29) is 28.4 Å². The van der Waals surface area contributed by atoms with Gasteiger partial charge in [-0.2, -0.15) is 0 Å². The van der Waals surface area contributed by atoms with Crippen molar-refractivity contribution >= 4 is 29.7 Å². The van der Waals surface area contributed by atoms with E-state index in [4.69, 9.17) is 11.5 Å². The van der Waals surface area contributed by atoms with Gasteiger partial charge in [0.1, 0.15) is 11.5 Å². The van der Waals surface area contributed by atoms with Gasteiger partial charge in [0.15, 0.2) is 5.78 Å². The maximum Gasteiger partial charge on any atom is 0.252 e. The highest BCUT2D eigenvalue weighted by atomic mass is 16.3. The number of hydrogen-bond acceptors (Lipinski definition) is 5. The number of phenols is 2. The lowest BCUT2D eigenvalue weighted by Gasteiger charge is -2.17. The van der Waals surface area contributed by atoms with Crippen molar-refractivity contribution in [2.24, 2.45) is 11.5 Å². The number of benzene rings is 2. The van der Waals surface area contributed by atoms with Gasteiger partial charge in [0.05, 0.1) is 11.1 Å². The summed E-state index contributed by atoms with van der Waals surface area (Å²) in [5, 5.41) is 19.8. The van der Waals surface area contributed by atoms with Gasteiger partial charge in [0.25, 0.3) is 11.8 Å². The Hall–Kier alpha value is -3.87. The predicted molar refractivity (Wildman–Crippen MR) is 108 cm³/mol. The molecule has 0 heterocycles. The fourth-order valence-corrected chi connectivity index (χ4v) is 3.27. The molecule has 1 fully saturated rings. The topological polar surface area (TPSA) is 144 Å².